The molecule has 0 aromatic heterocycles. The third kappa shape index (κ3) is 2.44. The van der Waals surface area contributed by atoms with Crippen molar-refractivity contribution in [2.75, 3.05) is 0 Å². The number of carbonyl (C=O) groups excluding carboxylic acids is 3. The van der Waals surface area contributed by atoms with Crippen LogP contribution in [0.25, 0.3) is 0 Å². The van der Waals surface area contributed by atoms with Gasteiger partial charge in [0.2, 0.25) is 5.91 Å². The van der Waals surface area contributed by atoms with Gasteiger partial charge in [0, 0.05) is 23.0 Å². The van der Waals surface area contributed by atoms with Crippen LogP contribution in [0.2, 0.25) is 0 Å². The van der Waals surface area contributed by atoms with Crippen molar-refractivity contribution in [1.29, 1.82) is 0 Å². The number of rotatable bonds is 3. The number of hydrogen-bond acceptors (Lipinski definition) is 5. The molecule has 5 rings (SSSR count). The minimum Gasteiger partial charge on any atom is -0.458 e. The zero-order valence-electron chi connectivity index (χ0n) is 15.8. The first-order chi connectivity index (χ1) is 13.5. The quantitative estimate of drug-likeness (QED) is 0.349. The Morgan fingerprint density at radius 1 is 1.21 bits per heavy atom. The molecule has 0 bridgehead atoms. The molecule has 2 heterocycles. The standard InChI is InChI=1S/C22H21NO5/c1-11-12(2)22(28-21(11)26)27-10-17-16-9-14-5-3-4-6-15(14)18(16)23(20(17)25)19(24)13-7-8-13/h3-6,10,13,16,18,22H,7-9H2,1-2H3/b17-10+. The molecule has 1 saturated carbocycles. The first-order valence-electron chi connectivity index (χ1n) is 9.66. The van der Waals surface area contributed by atoms with Crippen LogP contribution >= 0.6 is 0 Å². The fourth-order valence-corrected chi connectivity index (χ4v) is 4.38. The lowest BCUT2D eigenvalue weighted by Gasteiger charge is -2.22. The lowest BCUT2D eigenvalue weighted by atomic mass is 9.97. The Kier molecular flexibility index (Phi) is 3.73. The zero-order valence-corrected chi connectivity index (χ0v) is 15.8. The van der Waals surface area contributed by atoms with Gasteiger partial charge in [-0.2, -0.15) is 0 Å². The number of fused-ring (bicyclic) bond motifs is 3. The van der Waals surface area contributed by atoms with E-state index in [0.29, 0.717) is 23.1 Å². The molecule has 1 aromatic rings. The Labute approximate surface area is 162 Å². The third-order valence-electron chi connectivity index (χ3n) is 6.29. The summed E-state index contributed by atoms with van der Waals surface area (Å²) in [6.07, 6.45) is 2.97. The highest BCUT2D eigenvalue weighted by Crippen LogP contribution is 2.51. The van der Waals surface area contributed by atoms with Crippen LogP contribution in [0, 0.1) is 11.8 Å². The summed E-state index contributed by atoms with van der Waals surface area (Å²) in [5.41, 5.74) is 3.90. The van der Waals surface area contributed by atoms with Crippen molar-refractivity contribution in [1.82, 2.24) is 4.90 Å². The molecule has 3 unspecified atom stereocenters. The second-order valence-electron chi connectivity index (χ2n) is 8.00. The Morgan fingerprint density at radius 3 is 2.64 bits per heavy atom. The van der Waals surface area contributed by atoms with Gasteiger partial charge in [-0.15, -0.1) is 0 Å². The van der Waals surface area contributed by atoms with E-state index in [4.69, 9.17) is 9.47 Å². The summed E-state index contributed by atoms with van der Waals surface area (Å²) in [4.78, 5) is 39.2. The molecule has 2 fully saturated rings. The van der Waals surface area contributed by atoms with Gasteiger partial charge < -0.3 is 9.47 Å². The number of esters is 1. The van der Waals surface area contributed by atoms with Gasteiger partial charge in [0.05, 0.1) is 17.9 Å². The van der Waals surface area contributed by atoms with Crippen LogP contribution in [0.4, 0.5) is 0 Å². The van der Waals surface area contributed by atoms with Crippen molar-refractivity contribution in [2.45, 2.75) is 45.4 Å². The van der Waals surface area contributed by atoms with Crippen molar-refractivity contribution >= 4 is 17.8 Å². The molecule has 144 valence electrons. The summed E-state index contributed by atoms with van der Waals surface area (Å²) in [6, 6.07) is 7.70. The molecule has 2 amide bonds. The minimum atomic E-state index is -0.816. The SMILES string of the molecule is CC1=C(C)C(O/C=C2/C(=O)N(C(=O)C3CC3)C3c4ccccc4CC23)OC1=O. The topological polar surface area (TPSA) is 72.9 Å². The summed E-state index contributed by atoms with van der Waals surface area (Å²) >= 11 is 0. The van der Waals surface area contributed by atoms with E-state index in [1.807, 2.05) is 24.3 Å². The molecule has 0 spiro atoms. The summed E-state index contributed by atoms with van der Waals surface area (Å²) in [5.74, 6) is -0.949. The molecular weight excluding hydrogens is 358 g/mol. The summed E-state index contributed by atoms with van der Waals surface area (Å²) in [5, 5.41) is 0. The van der Waals surface area contributed by atoms with Crippen molar-refractivity contribution in [3.05, 3.63) is 58.4 Å². The third-order valence-corrected chi connectivity index (χ3v) is 6.29. The Hall–Kier alpha value is -2.89. The molecule has 6 heteroatoms. The van der Waals surface area contributed by atoms with E-state index in [1.165, 1.54) is 11.2 Å². The molecule has 3 atom stereocenters. The fraction of sp³-hybridized carbons (Fsp3) is 0.409. The fourth-order valence-electron chi connectivity index (χ4n) is 4.38. The highest BCUT2D eigenvalue weighted by Gasteiger charge is 2.54. The highest BCUT2D eigenvalue weighted by molar-refractivity contribution is 6.08. The van der Waals surface area contributed by atoms with Crippen molar-refractivity contribution in [2.24, 2.45) is 11.8 Å². The normalized spacial score (nSPS) is 30.0. The van der Waals surface area contributed by atoms with E-state index in [2.05, 4.69) is 0 Å². The van der Waals surface area contributed by atoms with Crippen LogP contribution in [0.3, 0.4) is 0 Å². The van der Waals surface area contributed by atoms with Crippen LogP contribution < -0.4 is 0 Å². The van der Waals surface area contributed by atoms with Crippen LogP contribution in [-0.4, -0.2) is 29.0 Å². The highest BCUT2D eigenvalue weighted by atomic mass is 16.7. The second kappa shape index (κ2) is 6.06. The number of imide groups is 1. The largest absolute Gasteiger partial charge is 0.458 e. The average molecular weight is 379 g/mol. The van der Waals surface area contributed by atoms with Crippen LogP contribution in [0.1, 0.15) is 43.9 Å². The molecule has 6 nitrogen and oxygen atoms in total. The summed E-state index contributed by atoms with van der Waals surface area (Å²) < 4.78 is 10.9. The lowest BCUT2D eigenvalue weighted by molar-refractivity contribution is -0.153. The molecule has 28 heavy (non-hydrogen) atoms. The van der Waals surface area contributed by atoms with E-state index < -0.39 is 12.3 Å². The van der Waals surface area contributed by atoms with Crippen LogP contribution in [0.15, 0.2) is 47.2 Å². The Balaban J connectivity index is 1.48. The lowest BCUT2D eigenvalue weighted by Crippen LogP contribution is -2.35. The van der Waals surface area contributed by atoms with Crippen LogP contribution in [-0.2, 0) is 30.3 Å². The van der Waals surface area contributed by atoms with Gasteiger partial charge in [0.25, 0.3) is 12.2 Å². The number of nitrogens with zero attached hydrogens (tertiary/aromatic N) is 1. The van der Waals surface area contributed by atoms with E-state index in [0.717, 1.165) is 24.0 Å². The molecule has 1 aromatic carbocycles. The minimum absolute atomic E-state index is 0.0405. The number of amides is 2. The summed E-state index contributed by atoms with van der Waals surface area (Å²) in [7, 11) is 0. The number of likely N-dealkylation sites (tertiary alicyclic amines) is 1. The van der Waals surface area contributed by atoms with E-state index >= 15 is 0 Å². The number of cyclic esters (lactones) is 1. The maximum atomic E-state index is 13.2. The monoisotopic (exact) mass is 379 g/mol. The molecule has 0 N–H and O–H groups in total. The van der Waals surface area contributed by atoms with E-state index in [-0.39, 0.29) is 29.7 Å². The van der Waals surface area contributed by atoms with Gasteiger partial charge in [-0.1, -0.05) is 24.3 Å². The van der Waals surface area contributed by atoms with Gasteiger partial charge >= 0.3 is 5.97 Å². The second-order valence-corrected chi connectivity index (χ2v) is 8.00. The summed E-state index contributed by atoms with van der Waals surface area (Å²) in [6.45, 7) is 3.46. The maximum absolute atomic E-state index is 13.2. The molecule has 1 saturated heterocycles. The number of hydrogen-bond donors (Lipinski definition) is 0. The Morgan fingerprint density at radius 2 is 1.96 bits per heavy atom. The molecule has 2 aliphatic carbocycles. The van der Waals surface area contributed by atoms with Crippen molar-refractivity contribution in [3.8, 4) is 0 Å². The molecule has 0 radical (unpaired) electrons. The molecular formula is C22H21NO5. The van der Waals surface area contributed by atoms with E-state index in [1.54, 1.807) is 13.8 Å². The van der Waals surface area contributed by atoms with Gasteiger partial charge in [-0.05, 0) is 44.2 Å². The van der Waals surface area contributed by atoms with Gasteiger partial charge in [-0.25, -0.2) is 4.79 Å². The van der Waals surface area contributed by atoms with Crippen molar-refractivity contribution in [3.63, 3.8) is 0 Å². The Bertz CT molecular complexity index is 971. The number of ether oxygens (including phenoxy) is 2. The van der Waals surface area contributed by atoms with Gasteiger partial charge in [0.15, 0.2) is 0 Å². The van der Waals surface area contributed by atoms with Gasteiger partial charge in [0.1, 0.15) is 0 Å². The predicted octanol–water partition coefficient (Wildman–Crippen LogP) is 2.80. The number of benzene rings is 1. The van der Waals surface area contributed by atoms with Crippen LogP contribution in [0.5, 0.6) is 0 Å². The maximum Gasteiger partial charge on any atom is 0.337 e. The zero-order chi connectivity index (χ0) is 19.6. The van der Waals surface area contributed by atoms with E-state index in [9.17, 15) is 14.4 Å². The first kappa shape index (κ1) is 17.2. The van der Waals surface area contributed by atoms with Gasteiger partial charge in [-0.3, -0.25) is 14.5 Å². The average Bonchev–Trinajstić information content (AvgIpc) is 3.37. The smallest absolute Gasteiger partial charge is 0.337 e. The molecule has 2 aliphatic heterocycles. The van der Waals surface area contributed by atoms with Crippen molar-refractivity contribution < 1.29 is 23.9 Å². The predicted molar refractivity (Wildman–Crippen MR) is 98.4 cm³/mol. The first-order valence-corrected chi connectivity index (χ1v) is 9.66. The number of carbonyl (C=O) groups is 3. The molecule has 4 aliphatic rings.